The summed E-state index contributed by atoms with van der Waals surface area (Å²) in [6.45, 7) is 5.37. The van der Waals surface area contributed by atoms with Crippen LogP contribution in [-0.4, -0.2) is 38.1 Å². The number of anilines is 1. The fourth-order valence-electron chi connectivity index (χ4n) is 3.78. The summed E-state index contributed by atoms with van der Waals surface area (Å²) in [7, 11) is 3.28. The molecule has 5 heteroatoms. The van der Waals surface area contributed by atoms with Gasteiger partial charge in [0.05, 0.1) is 20.8 Å². The number of hydrogen-bond donors (Lipinski definition) is 1. The van der Waals surface area contributed by atoms with Gasteiger partial charge in [-0.3, -0.25) is 9.69 Å². The van der Waals surface area contributed by atoms with Crippen LogP contribution in [0, 0.1) is 13.8 Å². The highest BCUT2D eigenvalue weighted by atomic mass is 16.5. The average Bonchev–Trinajstić information content (AvgIpc) is 3.11. The van der Waals surface area contributed by atoms with Gasteiger partial charge in [-0.25, -0.2) is 0 Å². The zero-order chi connectivity index (χ0) is 19.4. The molecular weight excluding hydrogens is 340 g/mol. The monoisotopic (exact) mass is 368 g/mol. The lowest BCUT2D eigenvalue weighted by Crippen LogP contribution is -2.33. The Bertz CT molecular complexity index is 819. The Kier molecular flexibility index (Phi) is 6.01. The van der Waals surface area contributed by atoms with Gasteiger partial charge in [0.1, 0.15) is 0 Å². The first-order chi connectivity index (χ1) is 13.0. The van der Waals surface area contributed by atoms with Crippen molar-refractivity contribution in [1.29, 1.82) is 0 Å². The van der Waals surface area contributed by atoms with Crippen molar-refractivity contribution in [2.24, 2.45) is 0 Å². The van der Waals surface area contributed by atoms with E-state index in [1.165, 1.54) is 5.56 Å². The molecule has 0 bridgehead atoms. The van der Waals surface area contributed by atoms with E-state index in [1.807, 2.05) is 31.2 Å². The average molecular weight is 368 g/mol. The van der Waals surface area contributed by atoms with Gasteiger partial charge in [-0.05, 0) is 62.6 Å². The second kappa shape index (κ2) is 8.44. The van der Waals surface area contributed by atoms with Crippen molar-refractivity contribution in [3.63, 3.8) is 0 Å². The second-order valence-electron chi connectivity index (χ2n) is 7.11. The van der Waals surface area contributed by atoms with Gasteiger partial charge in [0.2, 0.25) is 5.91 Å². The maximum Gasteiger partial charge on any atom is 0.238 e. The molecule has 0 saturated carbocycles. The zero-order valence-corrected chi connectivity index (χ0v) is 16.5. The third-order valence-corrected chi connectivity index (χ3v) is 5.16. The van der Waals surface area contributed by atoms with Crippen LogP contribution in [0.2, 0.25) is 0 Å². The number of benzene rings is 2. The van der Waals surface area contributed by atoms with Crippen LogP contribution in [0.15, 0.2) is 36.4 Å². The van der Waals surface area contributed by atoms with Crippen LogP contribution in [0.4, 0.5) is 5.69 Å². The number of rotatable bonds is 6. The molecule has 2 aromatic carbocycles. The minimum Gasteiger partial charge on any atom is -0.493 e. The predicted octanol–water partition coefficient (Wildman–Crippen LogP) is 4.10. The lowest BCUT2D eigenvalue weighted by Gasteiger charge is -2.25. The van der Waals surface area contributed by atoms with Crippen molar-refractivity contribution in [2.45, 2.75) is 32.7 Å². The lowest BCUT2D eigenvalue weighted by molar-refractivity contribution is -0.117. The molecular formula is C22H28N2O3. The Morgan fingerprint density at radius 2 is 1.89 bits per heavy atom. The summed E-state index contributed by atoms with van der Waals surface area (Å²) < 4.78 is 10.8. The molecule has 1 amide bonds. The van der Waals surface area contributed by atoms with Crippen LogP contribution in [0.1, 0.15) is 35.6 Å². The van der Waals surface area contributed by atoms with E-state index in [9.17, 15) is 4.79 Å². The van der Waals surface area contributed by atoms with Gasteiger partial charge in [0.15, 0.2) is 11.5 Å². The van der Waals surface area contributed by atoms with Crippen LogP contribution in [0.25, 0.3) is 0 Å². The first-order valence-corrected chi connectivity index (χ1v) is 9.35. The van der Waals surface area contributed by atoms with E-state index in [0.717, 1.165) is 47.7 Å². The van der Waals surface area contributed by atoms with E-state index in [0.29, 0.717) is 6.54 Å². The molecule has 3 rings (SSSR count). The van der Waals surface area contributed by atoms with E-state index in [2.05, 4.69) is 29.3 Å². The minimum atomic E-state index is 0.0225. The summed E-state index contributed by atoms with van der Waals surface area (Å²) in [5.74, 6) is 1.47. The van der Waals surface area contributed by atoms with Crippen molar-refractivity contribution in [1.82, 2.24) is 4.90 Å². The SMILES string of the molecule is COc1ccc(C2CCCN2CC(=O)Nc2ccc(C)cc2C)cc1OC. The Labute approximate surface area is 161 Å². The molecule has 0 spiro atoms. The number of ether oxygens (including phenoxy) is 2. The summed E-state index contributed by atoms with van der Waals surface area (Å²) in [5, 5.41) is 3.05. The Hall–Kier alpha value is -2.53. The molecule has 27 heavy (non-hydrogen) atoms. The predicted molar refractivity (Wildman–Crippen MR) is 108 cm³/mol. The standard InChI is InChI=1S/C22H28N2O3/c1-15-7-9-18(16(2)12-15)23-22(25)14-24-11-5-6-19(24)17-8-10-20(26-3)21(13-17)27-4/h7-10,12-13,19H,5-6,11,14H2,1-4H3,(H,23,25). The van der Waals surface area contributed by atoms with Crippen LogP contribution in [-0.2, 0) is 4.79 Å². The molecule has 2 aromatic rings. The molecule has 1 unspecified atom stereocenters. The number of carbonyl (C=O) groups excluding carboxylic acids is 1. The normalized spacial score (nSPS) is 17.0. The largest absolute Gasteiger partial charge is 0.493 e. The lowest BCUT2D eigenvalue weighted by atomic mass is 10.0. The summed E-state index contributed by atoms with van der Waals surface area (Å²) in [6.07, 6.45) is 2.11. The molecule has 144 valence electrons. The van der Waals surface area contributed by atoms with Crippen molar-refractivity contribution in [3.05, 3.63) is 53.1 Å². The molecule has 1 N–H and O–H groups in total. The molecule has 1 heterocycles. The maximum absolute atomic E-state index is 12.6. The first kappa shape index (κ1) is 19.2. The van der Waals surface area contributed by atoms with E-state index < -0.39 is 0 Å². The van der Waals surface area contributed by atoms with Crippen molar-refractivity contribution in [3.8, 4) is 11.5 Å². The number of carbonyl (C=O) groups is 1. The van der Waals surface area contributed by atoms with Gasteiger partial charge in [-0.1, -0.05) is 23.8 Å². The first-order valence-electron chi connectivity index (χ1n) is 9.35. The smallest absolute Gasteiger partial charge is 0.238 e. The molecule has 1 aliphatic rings. The van der Waals surface area contributed by atoms with Crippen molar-refractivity contribution >= 4 is 11.6 Å². The number of likely N-dealkylation sites (tertiary alicyclic amines) is 1. The number of nitrogens with one attached hydrogen (secondary N) is 1. The highest BCUT2D eigenvalue weighted by Crippen LogP contribution is 2.36. The molecule has 1 atom stereocenters. The van der Waals surface area contributed by atoms with Gasteiger partial charge in [0, 0.05) is 11.7 Å². The number of nitrogens with zero attached hydrogens (tertiary/aromatic N) is 1. The summed E-state index contributed by atoms with van der Waals surface area (Å²) >= 11 is 0. The van der Waals surface area contributed by atoms with Crippen molar-refractivity contribution in [2.75, 3.05) is 32.6 Å². The van der Waals surface area contributed by atoms with Crippen LogP contribution < -0.4 is 14.8 Å². The maximum atomic E-state index is 12.6. The molecule has 1 aliphatic heterocycles. The number of amides is 1. The highest BCUT2D eigenvalue weighted by Gasteiger charge is 2.28. The molecule has 1 saturated heterocycles. The molecule has 1 fully saturated rings. The highest BCUT2D eigenvalue weighted by molar-refractivity contribution is 5.93. The van der Waals surface area contributed by atoms with E-state index in [-0.39, 0.29) is 11.9 Å². The summed E-state index contributed by atoms with van der Waals surface area (Å²) in [5.41, 5.74) is 4.32. The van der Waals surface area contributed by atoms with Crippen LogP contribution in [0.5, 0.6) is 11.5 Å². The molecule has 5 nitrogen and oxygen atoms in total. The Morgan fingerprint density at radius 1 is 1.11 bits per heavy atom. The third kappa shape index (κ3) is 4.42. The molecule has 0 aromatic heterocycles. The van der Waals surface area contributed by atoms with Crippen LogP contribution >= 0.6 is 0 Å². The van der Waals surface area contributed by atoms with E-state index in [4.69, 9.17) is 9.47 Å². The fourth-order valence-corrected chi connectivity index (χ4v) is 3.78. The summed E-state index contributed by atoms with van der Waals surface area (Å²) in [4.78, 5) is 14.8. The van der Waals surface area contributed by atoms with E-state index in [1.54, 1.807) is 14.2 Å². The third-order valence-electron chi connectivity index (χ3n) is 5.16. The Morgan fingerprint density at radius 3 is 2.59 bits per heavy atom. The van der Waals surface area contributed by atoms with Gasteiger partial charge in [0.25, 0.3) is 0 Å². The number of aryl methyl sites for hydroxylation is 2. The zero-order valence-electron chi connectivity index (χ0n) is 16.5. The van der Waals surface area contributed by atoms with Gasteiger partial charge < -0.3 is 14.8 Å². The second-order valence-corrected chi connectivity index (χ2v) is 7.11. The fraction of sp³-hybridized carbons (Fsp3) is 0.409. The van der Waals surface area contributed by atoms with Crippen molar-refractivity contribution < 1.29 is 14.3 Å². The van der Waals surface area contributed by atoms with Crippen LogP contribution in [0.3, 0.4) is 0 Å². The van der Waals surface area contributed by atoms with Gasteiger partial charge in [-0.15, -0.1) is 0 Å². The molecule has 0 radical (unpaired) electrons. The summed E-state index contributed by atoms with van der Waals surface area (Å²) in [6, 6.07) is 12.3. The number of hydrogen-bond acceptors (Lipinski definition) is 4. The van der Waals surface area contributed by atoms with E-state index >= 15 is 0 Å². The number of methoxy groups -OCH3 is 2. The van der Waals surface area contributed by atoms with Gasteiger partial charge >= 0.3 is 0 Å². The minimum absolute atomic E-state index is 0.0225. The quantitative estimate of drug-likeness (QED) is 0.834. The Balaban J connectivity index is 1.70. The topological polar surface area (TPSA) is 50.8 Å². The van der Waals surface area contributed by atoms with Gasteiger partial charge in [-0.2, -0.15) is 0 Å². The molecule has 0 aliphatic carbocycles.